The summed E-state index contributed by atoms with van der Waals surface area (Å²) in [6.45, 7) is 1.83. The molecule has 1 fully saturated rings. The lowest BCUT2D eigenvalue weighted by Gasteiger charge is -2.41. The Balaban J connectivity index is 2.17. The van der Waals surface area contributed by atoms with Crippen LogP contribution in [0.4, 0.5) is 0 Å². The third-order valence-electron chi connectivity index (χ3n) is 4.25. The van der Waals surface area contributed by atoms with Crippen LogP contribution in [0.2, 0.25) is 0 Å². The van der Waals surface area contributed by atoms with Crippen molar-refractivity contribution in [2.75, 3.05) is 0 Å². The number of benzene rings is 1. The normalized spacial score (nSPS) is 17.7. The van der Waals surface area contributed by atoms with Crippen molar-refractivity contribution in [2.45, 2.75) is 44.1 Å². The zero-order chi connectivity index (χ0) is 16.2. The molecule has 2 rings (SSSR count). The summed E-state index contributed by atoms with van der Waals surface area (Å²) in [4.78, 5) is 24.0. The number of amides is 1. The molecule has 1 saturated carbocycles. The third kappa shape index (κ3) is 3.40. The van der Waals surface area contributed by atoms with Gasteiger partial charge in [-0.05, 0) is 43.9 Å². The fourth-order valence-corrected chi connectivity index (χ4v) is 3.00. The van der Waals surface area contributed by atoms with Crippen LogP contribution in [0.15, 0.2) is 40.9 Å². The molecule has 118 valence electrons. The van der Waals surface area contributed by atoms with Crippen molar-refractivity contribution < 1.29 is 14.7 Å². The second-order valence-corrected chi connectivity index (χ2v) is 6.53. The van der Waals surface area contributed by atoms with E-state index in [0.717, 1.165) is 29.3 Å². The molecule has 1 unspecified atom stereocenters. The molecule has 0 heterocycles. The summed E-state index contributed by atoms with van der Waals surface area (Å²) in [5.41, 5.74) is 0.374. The van der Waals surface area contributed by atoms with Crippen LogP contribution in [0.1, 0.15) is 38.2 Å². The van der Waals surface area contributed by atoms with Crippen LogP contribution >= 0.6 is 15.9 Å². The molecule has 5 heteroatoms. The summed E-state index contributed by atoms with van der Waals surface area (Å²) >= 11 is 3.39. The molecule has 0 aromatic heterocycles. The minimum absolute atomic E-state index is 0.182. The number of rotatable bonds is 6. The molecule has 0 bridgehead atoms. The maximum Gasteiger partial charge on any atom is 0.326 e. The highest BCUT2D eigenvalue weighted by molar-refractivity contribution is 9.10. The number of halogens is 1. The number of carboxylic acid groups (broad SMARTS) is 1. The Labute approximate surface area is 138 Å². The van der Waals surface area contributed by atoms with E-state index >= 15 is 0 Å². The van der Waals surface area contributed by atoms with Gasteiger partial charge in [0, 0.05) is 4.47 Å². The molecule has 22 heavy (non-hydrogen) atoms. The first-order chi connectivity index (χ1) is 10.5. The molecule has 1 atom stereocenters. The number of nitrogens with one attached hydrogen (secondary N) is 1. The molecule has 2 N–H and O–H groups in total. The van der Waals surface area contributed by atoms with Gasteiger partial charge in [-0.15, -0.1) is 0 Å². The van der Waals surface area contributed by atoms with E-state index < -0.39 is 17.4 Å². The highest BCUT2D eigenvalue weighted by atomic mass is 79.9. The number of hydrogen-bond acceptors (Lipinski definition) is 2. The second-order valence-electron chi connectivity index (χ2n) is 5.61. The van der Waals surface area contributed by atoms with Crippen LogP contribution in [-0.2, 0) is 15.0 Å². The Morgan fingerprint density at radius 3 is 2.45 bits per heavy atom. The largest absolute Gasteiger partial charge is 0.480 e. The van der Waals surface area contributed by atoms with Gasteiger partial charge in [0.25, 0.3) is 0 Å². The van der Waals surface area contributed by atoms with Gasteiger partial charge >= 0.3 is 5.97 Å². The predicted octanol–water partition coefficient (Wildman–Crippen LogP) is 3.41. The quantitative estimate of drug-likeness (QED) is 0.759. The minimum atomic E-state index is -1.00. The lowest BCUT2D eigenvalue weighted by atomic mass is 9.63. The molecule has 1 aliphatic carbocycles. The highest BCUT2D eigenvalue weighted by Crippen LogP contribution is 2.44. The average molecular weight is 366 g/mol. The molecular formula is C17H20BrNO3. The Morgan fingerprint density at radius 1 is 1.36 bits per heavy atom. The van der Waals surface area contributed by atoms with E-state index in [4.69, 9.17) is 0 Å². The second kappa shape index (κ2) is 7.09. The maximum atomic E-state index is 12.7. The first kappa shape index (κ1) is 16.7. The number of carbonyl (C=O) groups is 2. The molecule has 1 aromatic rings. The van der Waals surface area contributed by atoms with Gasteiger partial charge in [0.1, 0.15) is 6.04 Å². The monoisotopic (exact) mass is 365 g/mol. The highest BCUT2D eigenvalue weighted by Gasteiger charge is 2.46. The van der Waals surface area contributed by atoms with Crippen LogP contribution in [-0.4, -0.2) is 23.0 Å². The molecule has 0 saturated heterocycles. The SMILES string of the molecule is C/C=C/CC(NC(=O)C1(c2ccc(Br)cc2)CCC1)C(=O)O. The third-order valence-corrected chi connectivity index (χ3v) is 4.78. The Bertz CT molecular complexity index is 576. The van der Waals surface area contributed by atoms with E-state index in [1.807, 2.05) is 31.2 Å². The van der Waals surface area contributed by atoms with E-state index in [-0.39, 0.29) is 5.91 Å². The Hall–Kier alpha value is -1.62. The van der Waals surface area contributed by atoms with Gasteiger partial charge in [-0.2, -0.15) is 0 Å². The zero-order valence-electron chi connectivity index (χ0n) is 12.5. The van der Waals surface area contributed by atoms with Gasteiger partial charge in [-0.1, -0.05) is 46.6 Å². The predicted molar refractivity (Wildman–Crippen MR) is 88.7 cm³/mol. The van der Waals surface area contributed by atoms with Crippen LogP contribution in [0.25, 0.3) is 0 Å². The summed E-state index contributed by atoms with van der Waals surface area (Å²) < 4.78 is 0.961. The lowest BCUT2D eigenvalue weighted by Crippen LogP contribution is -2.53. The Morgan fingerprint density at radius 2 is 2.00 bits per heavy atom. The summed E-state index contributed by atoms with van der Waals surface area (Å²) in [5, 5.41) is 12.0. The smallest absolute Gasteiger partial charge is 0.326 e. The first-order valence-corrected chi connectivity index (χ1v) is 8.20. The molecule has 1 amide bonds. The summed E-state index contributed by atoms with van der Waals surface area (Å²) in [6, 6.07) is 6.82. The summed E-state index contributed by atoms with van der Waals surface area (Å²) in [6.07, 6.45) is 6.35. The average Bonchev–Trinajstić information content (AvgIpc) is 2.44. The first-order valence-electron chi connectivity index (χ1n) is 7.40. The number of aliphatic carboxylic acids is 1. The van der Waals surface area contributed by atoms with Crippen molar-refractivity contribution in [1.82, 2.24) is 5.32 Å². The van der Waals surface area contributed by atoms with Gasteiger partial charge in [-0.3, -0.25) is 4.79 Å². The van der Waals surface area contributed by atoms with Crippen LogP contribution < -0.4 is 5.32 Å². The van der Waals surface area contributed by atoms with Crippen molar-refractivity contribution in [3.05, 3.63) is 46.5 Å². The van der Waals surface area contributed by atoms with Crippen molar-refractivity contribution in [2.24, 2.45) is 0 Å². The van der Waals surface area contributed by atoms with Gasteiger partial charge < -0.3 is 10.4 Å². The Kier molecular flexibility index (Phi) is 5.40. The van der Waals surface area contributed by atoms with E-state index in [1.54, 1.807) is 12.2 Å². The van der Waals surface area contributed by atoms with Gasteiger partial charge in [0.15, 0.2) is 0 Å². The van der Waals surface area contributed by atoms with Gasteiger partial charge in [0.05, 0.1) is 5.41 Å². The molecule has 1 aromatic carbocycles. The molecule has 4 nitrogen and oxygen atoms in total. The standard InChI is InChI=1S/C17H20BrNO3/c1-2-3-5-14(15(20)21)19-16(22)17(10-4-11-17)12-6-8-13(18)9-7-12/h2-3,6-9,14H,4-5,10-11H2,1H3,(H,19,22)(H,20,21)/b3-2+. The van der Waals surface area contributed by atoms with Crippen LogP contribution in [0.5, 0.6) is 0 Å². The van der Waals surface area contributed by atoms with Crippen molar-refractivity contribution >= 4 is 27.8 Å². The zero-order valence-corrected chi connectivity index (χ0v) is 14.1. The fourth-order valence-electron chi connectivity index (χ4n) is 2.74. The van der Waals surface area contributed by atoms with E-state index in [0.29, 0.717) is 6.42 Å². The number of carbonyl (C=O) groups excluding carboxylic acids is 1. The minimum Gasteiger partial charge on any atom is -0.480 e. The van der Waals surface area contributed by atoms with Crippen molar-refractivity contribution in [3.63, 3.8) is 0 Å². The number of carboxylic acids is 1. The number of allylic oxidation sites excluding steroid dienone is 1. The lowest BCUT2D eigenvalue weighted by molar-refractivity contribution is -0.143. The van der Waals surface area contributed by atoms with Gasteiger partial charge in [0.2, 0.25) is 5.91 Å². The van der Waals surface area contributed by atoms with E-state index in [9.17, 15) is 14.7 Å². The van der Waals surface area contributed by atoms with Crippen molar-refractivity contribution in [3.8, 4) is 0 Å². The molecular weight excluding hydrogens is 346 g/mol. The molecule has 0 aliphatic heterocycles. The van der Waals surface area contributed by atoms with E-state index in [2.05, 4.69) is 21.2 Å². The van der Waals surface area contributed by atoms with Crippen LogP contribution in [0.3, 0.4) is 0 Å². The molecule has 1 aliphatic rings. The summed E-state index contributed by atoms with van der Waals surface area (Å²) in [7, 11) is 0. The maximum absolute atomic E-state index is 12.7. The fraction of sp³-hybridized carbons (Fsp3) is 0.412. The van der Waals surface area contributed by atoms with Crippen molar-refractivity contribution in [1.29, 1.82) is 0 Å². The molecule has 0 radical (unpaired) electrons. The van der Waals surface area contributed by atoms with Crippen LogP contribution in [0, 0.1) is 0 Å². The number of hydrogen-bond donors (Lipinski definition) is 2. The topological polar surface area (TPSA) is 66.4 Å². The molecule has 0 spiro atoms. The van der Waals surface area contributed by atoms with Gasteiger partial charge in [-0.25, -0.2) is 4.79 Å². The van der Waals surface area contributed by atoms with E-state index in [1.165, 1.54) is 0 Å². The summed E-state index contributed by atoms with van der Waals surface area (Å²) in [5.74, 6) is -1.19.